The fourth-order valence-corrected chi connectivity index (χ4v) is 6.43. The Kier molecular flexibility index (Phi) is 8.48. The third-order valence-corrected chi connectivity index (χ3v) is 8.95. The van der Waals surface area contributed by atoms with Crippen molar-refractivity contribution < 1.29 is 19.0 Å². The van der Waals surface area contributed by atoms with Gasteiger partial charge in [0.2, 0.25) is 0 Å². The molecule has 10 heteroatoms. The van der Waals surface area contributed by atoms with E-state index in [2.05, 4.69) is 33.0 Å². The highest BCUT2D eigenvalue weighted by Gasteiger charge is 2.26. The van der Waals surface area contributed by atoms with Gasteiger partial charge in [0.25, 0.3) is 0 Å². The van der Waals surface area contributed by atoms with Gasteiger partial charge in [-0.2, -0.15) is 0 Å². The molecule has 0 spiro atoms. The van der Waals surface area contributed by atoms with Crippen LogP contribution in [0.4, 0.5) is 5.82 Å². The van der Waals surface area contributed by atoms with E-state index in [1.165, 1.54) is 5.57 Å². The van der Waals surface area contributed by atoms with Gasteiger partial charge in [0.05, 0.1) is 54.1 Å². The molecule has 7 rings (SSSR count). The lowest BCUT2D eigenvalue weighted by Crippen LogP contribution is -2.33. The SMILES string of the molecule is CC(C)(C)OC(=O)c1ccc2nc(CN3CC=C(c4cccc(NC5CCOc6cc(Cl)ccc65)n4)CC3)n(CC3CCO3)c2c1. The fraction of sp³-hybridized carbons (Fsp3) is 0.417. The molecule has 1 fully saturated rings. The van der Waals surface area contributed by atoms with Crippen LogP contribution in [0.2, 0.25) is 5.02 Å². The summed E-state index contributed by atoms with van der Waals surface area (Å²) in [5, 5.41) is 4.30. The monoisotopic (exact) mass is 641 g/mol. The molecule has 2 unspecified atom stereocenters. The lowest BCUT2D eigenvalue weighted by atomic mass is 10.0. The molecule has 0 aliphatic carbocycles. The lowest BCUT2D eigenvalue weighted by molar-refractivity contribution is -0.0591. The molecule has 3 aliphatic heterocycles. The van der Waals surface area contributed by atoms with E-state index >= 15 is 0 Å². The molecule has 9 nitrogen and oxygen atoms in total. The van der Waals surface area contributed by atoms with Gasteiger partial charge in [-0.05, 0) is 81.7 Å². The van der Waals surface area contributed by atoms with Crippen LogP contribution in [-0.4, -0.2) is 63.4 Å². The first-order chi connectivity index (χ1) is 22.2. The zero-order valence-electron chi connectivity index (χ0n) is 26.6. The fourth-order valence-electron chi connectivity index (χ4n) is 6.27. The summed E-state index contributed by atoms with van der Waals surface area (Å²) >= 11 is 6.19. The molecule has 2 atom stereocenters. The van der Waals surface area contributed by atoms with Crippen molar-refractivity contribution in [3.8, 4) is 5.75 Å². The van der Waals surface area contributed by atoms with Crippen molar-refractivity contribution in [3.63, 3.8) is 0 Å². The van der Waals surface area contributed by atoms with E-state index in [1.807, 2.05) is 57.2 Å². The summed E-state index contributed by atoms with van der Waals surface area (Å²) < 4.78 is 19.5. The molecule has 2 aromatic carbocycles. The van der Waals surface area contributed by atoms with Crippen LogP contribution >= 0.6 is 11.6 Å². The number of hydrogen-bond acceptors (Lipinski definition) is 8. The number of nitrogens with zero attached hydrogens (tertiary/aromatic N) is 4. The van der Waals surface area contributed by atoms with E-state index in [1.54, 1.807) is 6.07 Å². The van der Waals surface area contributed by atoms with Crippen molar-refractivity contribution in [1.29, 1.82) is 0 Å². The van der Waals surface area contributed by atoms with Crippen LogP contribution in [-0.2, 0) is 22.6 Å². The van der Waals surface area contributed by atoms with Crippen molar-refractivity contribution >= 4 is 40.0 Å². The first-order valence-electron chi connectivity index (χ1n) is 16.1. The van der Waals surface area contributed by atoms with Gasteiger partial charge in [-0.3, -0.25) is 4.90 Å². The van der Waals surface area contributed by atoms with Crippen LogP contribution in [0.15, 0.2) is 60.7 Å². The molecule has 0 amide bonds. The average molecular weight is 642 g/mol. The Labute approximate surface area is 274 Å². The third-order valence-electron chi connectivity index (χ3n) is 8.72. The van der Waals surface area contributed by atoms with Gasteiger partial charge >= 0.3 is 5.97 Å². The number of imidazole rings is 1. The maximum absolute atomic E-state index is 12.8. The number of rotatable bonds is 8. The third kappa shape index (κ3) is 6.77. The number of halogens is 1. The number of aromatic nitrogens is 3. The molecule has 4 aromatic rings. The Morgan fingerprint density at radius 2 is 1.96 bits per heavy atom. The first-order valence-corrected chi connectivity index (χ1v) is 16.5. The first kappa shape index (κ1) is 30.7. The van der Waals surface area contributed by atoms with Crippen LogP contribution in [0.5, 0.6) is 5.75 Å². The van der Waals surface area contributed by atoms with Crippen molar-refractivity contribution in [2.45, 2.75) is 70.9 Å². The Morgan fingerprint density at radius 1 is 1.09 bits per heavy atom. The predicted octanol–water partition coefficient (Wildman–Crippen LogP) is 7.05. The van der Waals surface area contributed by atoms with Gasteiger partial charge in [0.1, 0.15) is 23.0 Å². The second-order valence-corrected chi connectivity index (χ2v) is 13.7. The zero-order chi connectivity index (χ0) is 31.8. The predicted molar refractivity (Wildman–Crippen MR) is 179 cm³/mol. The van der Waals surface area contributed by atoms with Crippen molar-refractivity contribution in [1.82, 2.24) is 19.4 Å². The maximum atomic E-state index is 12.8. The van der Waals surface area contributed by atoms with E-state index in [0.29, 0.717) is 30.3 Å². The highest BCUT2D eigenvalue weighted by Crippen LogP contribution is 2.36. The molecule has 5 heterocycles. The quantitative estimate of drug-likeness (QED) is 0.205. The number of ether oxygens (including phenoxy) is 3. The minimum Gasteiger partial charge on any atom is -0.493 e. The number of esters is 1. The summed E-state index contributed by atoms with van der Waals surface area (Å²) in [4.78, 5) is 25.3. The van der Waals surface area contributed by atoms with Gasteiger partial charge in [-0.15, -0.1) is 0 Å². The van der Waals surface area contributed by atoms with Crippen LogP contribution < -0.4 is 10.1 Å². The number of carbonyl (C=O) groups excluding carboxylic acids is 1. The lowest BCUT2D eigenvalue weighted by Gasteiger charge is -2.29. The summed E-state index contributed by atoms with van der Waals surface area (Å²) in [6.45, 7) is 10.2. The standard InChI is InChI=1S/C36H40ClN5O4/c1-36(2,3)46-35(43)24-7-10-30-31(19-24)42(21-26-13-17-44-26)34(40-30)22-41-15-11-23(12-16-41)28-5-4-6-33(38-28)39-29-14-18-45-32-20-25(37)8-9-27(29)32/h4-11,19-20,26,29H,12-18,21-22H2,1-3H3,(H,38,39). The number of pyridine rings is 1. The number of carbonyl (C=O) groups is 1. The normalized spacial score (nSPS) is 20.0. The molecule has 0 saturated carbocycles. The number of hydrogen-bond donors (Lipinski definition) is 1. The van der Waals surface area contributed by atoms with Crippen LogP contribution in [0.3, 0.4) is 0 Å². The van der Waals surface area contributed by atoms with E-state index in [4.69, 9.17) is 35.8 Å². The molecule has 0 bridgehead atoms. The Morgan fingerprint density at radius 3 is 2.72 bits per heavy atom. The molecule has 3 aliphatic rings. The molecule has 1 N–H and O–H groups in total. The van der Waals surface area contributed by atoms with E-state index in [9.17, 15) is 4.79 Å². The minimum absolute atomic E-state index is 0.115. The van der Waals surface area contributed by atoms with Gasteiger partial charge in [-0.1, -0.05) is 29.8 Å². The Balaban J connectivity index is 1.06. The maximum Gasteiger partial charge on any atom is 0.338 e. The number of anilines is 1. The summed E-state index contributed by atoms with van der Waals surface area (Å²) in [6.07, 6.45) is 5.22. The second kappa shape index (κ2) is 12.7. The van der Waals surface area contributed by atoms with Gasteiger partial charge in [0.15, 0.2) is 0 Å². The summed E-state index contributed by atoms with van der Waals surface area (Å²) in [5.74, 6) is 2.34. The zero-order valence-corrected chi connectivity index (χ0v) is 27.3. The van der Waals surface area contributed by atoms with Gasteiger partial charge in [0, 0.05) is 36.7 Å². The molecular formula is C36H40ClN5O4. The average Bonchev–Trinajstić information content (AvgIpc) is 3.34. The Hall–Kier alpha value is -3.92. The molecule has 46 heavy (non-hydrogen) atoms. The van der Waals surface area contributed by atoms with Gasteiger partial charge < -0.3 is 24.1 Å². The van der Waals surface area contributed by atoms with Crippen molar-refractivity contribution in [2.24, 2.45) is 0 Å². The minimum atomic E-state index is -0.558. The van der Waals surface area contributed by atoms with Crippen LogP contribution in [0.1, 0.15) is 73.5 Å². The highest BCUT2D eigenvalue weighted by atomic mass is 35.5. The molecule has 1 saturated heterocycles. The second-order valence-electron chi connectivity index (χ2n) is 13.3. The van der Waals surface area contributed by atoms with E-state index in [-0.39, 0.29) is 18.1 Å². The highest BCUT2D eigenvalue weighted by molar-refractivity contribution is 6.30. The number of fused-ring (bicyclic) bond motifs is 2. The Bertz CT molecular complexity index is 1790. The molecular weight excluding hydrogens is 602 g/mol. The summed E-state index contributed by atoms with van der Waals surface area (Å²) in [5.41, 5.74) is 5.13. The van der Waals surface area contributed by atoms with E-state index in [0.717, 1.165) is 78.6 Å². The van der Waals surface area contributed by atoms with Crippen LogP contribution in [0.25, 0.3) is 16.6 Å². The number of nitrogens with one attached hydrogen (secondary N) is 1. The van der Waals surface area contributed by atoms with E-state index < -0.39 is 5.60 Å². The van der Waals surface area contributed by atoms with Crippen LogP contribution in [0, 0.1) is 0 Å². The van der Waals surface area contributed by atoms with Crippen molar-refractivity contribution in [2.75, 3.05) is 31.6 Å². The smallest absolute Gasteiger partial charge is 0.338 e. The van der Waals surface area contributed by atoms with Gasteiger partial charge in [-0.25, -0.2) is 14.8 Å². The largest absolute Gasteiger partial charge is 0.493 e. The topological polar surface area (TPSA) is 90.7 Å². The molecule has 240 valence electrons. The molecule has 0 radical (unpaired) electrons. The van der Waals surface area contributed by atoms with Crippen molar-refractivity contribution in [3.05, 3.63) is 88.3 Å². The number of benzene rings is 2. The summed E-state index contributed by atoms with van der Waals surface area (Å²) in [7, 11) is 0. The summed E-state index contributed by atoms with van der Waals surface area (Å²) in [6, 6.07) is 17.7. The molecule has 2 aromatic heterocycles.